The maximum absolute atomic E-state index is 4.55. The number of hydrogen-bond donors (Lipinski definition) is 1. The highest BCUT2D eigenvalue weighted by Crippen LogP contribution is 2.19. The second kappa shape index (κ2) is 5.84. The SMILES string of the molecule is CNc1cc(N2CCCCCCC2)nc(C)n1. The average molecular weight is 234 g/mol. The largest absolute Gasteiger partial charge is 0.373 e. The highest BCUT2D eigenvalue weighted by atomic mass is 15.2. The maximum atomic E-state index is 4.55. The standard InChI is InChI=1S/C13H22N4/c1-11-15-12(14-2)10-13(16-11)17-8-6-4-3-5-7-9-17/h10H,3-9H2,1-2H3,(H,14,15,16). The van der Waals surface area contributed by atoms with Crippen LogP contribution in [0.2, 0.25) is 0 Å². The number of nitrogens with one attached hydrogen (secondary N) is 1. The summed E-state index contributed by atoms with van der Waals surface area (Å²) in [6.45, 7) is 4.20. The highest BCUT2D eigenvalue weighted by molar-refractivity contribution is 5.49. The van der Waals surface area contributed by atoms with Gasteiger partial charge >= 0.3 is 0 Å². The number of aromatic nitrogens is 2. The third kappa shape index (κ3) is 3.32. The van der Waals surface area contributed by atoms with Crippen LogP contribution in [-0.4, -0.2) is 30.1 Å². The van der Waals surface area contributed by atoms with E-state index in [4.69, 9.17) is 0 Å². The van der Waals surface area contributed by atoms with Crippen LogP contribution in [0.25, 0.3) is 0 Å². The molecule has 4 heteroatoms. The predicted molar refractivity (Wildman–Crippen MR) is 71.6 cm³/mol. The van der Waals surface area contributed by atoms with Crippen molar-refractivity contribution >= 4 is 11.6 Å². The van der Waals surface area contributed by atoms with Gasteiger partial charge in [0.15, 0.2) is 0 Å². The second-order valence-electron chi connectivity index (χ2n) is 4.66. The summed E-state index contributed by atoms with van der Waals surface area (Å²) < 4.78 is 0. The van der Waals surface area contributed by atoms with Crippen LogP contribution >= 0.6 is 0 Å². The molecule has 0 aliphatic carbocycles. The van der Waals surface area contributed by atoms with E-state index in [0.29, 0.717) is 0 Å². The zero-order chi connectivity index (χ0) is 12.1. The summed E-state index contributed by atoms with van der Waals surface area (Å²) in [7, 11) is 1.90. The van der Waals surface area contributed by atoms with Crippen LogP contribution in [0.3, 0.4) is 0 Å². The predicted octanol–water partition coefficient (Wildman–Crippen LogP) is 2.60. The molecular weight excluding hydrogens is 212 g/mol. The molecule has 0 saturated carbocycles. The molecule has 17 heavy (non-hydrogen) atoms. The number of anilines is 2. The monoisotopic (exact) mass is 234 g/mol. The van der Waals surface area contributed by atoms with Gasteiger partial charge in [0.25, 0.3) is 0 Å². The fraction of sp³-hybridized carbons (Fsp3) is 0.692. The molecule has 0 unspecified atom stereocenters. The Hall–Kier alpha value is -1.32. The van der Waals surface area contributed by atoms with Crippen LogP contribution in [0.4, 0.5) is 11.6 Å². The molecule has 0 spiro atoms. The Labute approximate surface area is 103 Å². The van der Waals surface area contributed by atoms with E-state index >= 15 is 0 Å². The zero-order valence-electron chi connectivity index (χ0n) is 10.9. The van der Waals surface area contributed by atoms with Crippen molar-refractivity contribution in [2.45, 2.75) is 39.0 Å². The van der Waals surface area contributed by atoms with Crippen molar-refractivity contribution in [1.82, 2.24) is 9.97 Å². The van der Waals surface area contributed by atoms with Crippen molar-refractivity contribution in [3.8, 4) is 0 Å². The first-order chi connectivity index (χ1) is 8.29. The molecule has 0 radical (unpaired) electrons. The zero-order valence-corrected chi connectivity index (χ0v) is 10.9. The van der Waals surface area contributed by atoms with E-state index in [0.717, 1.165) is 30.5 Å². The Kier molecular flexibility index (Phi) is 4.18. The van der Waals surface area contributed by atoms with Crippen LogP contribution < -0.4 is 10.2 Å². The normalized spacial score (nSPS) is 17.4. The van der Waals surface area contributed by atoms with Gasteiger partial charge in [0.05, 0.1) is 0 Å². The first kappa shape index (κ1) is 12.1. The summed E-state index contributed by atoms with van der Waals surface area (Å²) >= 11 is 0. The van der Waals surface area contributed by atoms with Gasteiger partial charge in [0.2, 0.25) is 0 Å². The van der Waals surface area contributed by atoms with Gasteiger partial charge in [0.1, 0.15) is 17.5 Å². The highest BCUT2D eigenvalue weighted by Gasteiger charge is 2.11. The third-order valence-corrected chi connectivity index (χ3v) is 3.26. The van der Waals surface area contributed by atoms with Gasteiger partial charge in [-0.3, -0.25) is 0 Å². The molecule has 4 nitrogen and oxygen atoms in total. The van der Waals surface area contributed by atoms with E-state index in [2.05, 4.69) is 26.3 Å². The van der Waals surface area contributed by atoms with Gasteiger partial charge in [-0.25, -0.2) is 9.97 Å². The molecule has 0 amide bonds. The molecule has 1 aliphatic rings. The Morgan fingerprint density at radius 1 is 1.06 bits per heavy atom. The van der Waals surface area contributed by atoms with Gasteiger partial charge in [-0.05, 0) is 19.8 Å². The minimum absolute atomic E-state index is 0.842. The van der Waals surface area contributed by atoms with Crippen LogP contribution in [0.15, 0.2) is 6.07 Å². The summed E-state index contributed by atoms with van der Waals surface area (Å²) in [5.41, 5.74) is 0. The third-order valence-electron chi connectivity index (χ3n) is 3.26. The lowest BCUT2D eigenvalue weighted by Crippen LogP contribution is -2.28. The number of hydrogen-bond acceptors (Lipinski definition) is 4. The smallest absolute Gasteiger partial charge is 0.134 e. The molecule has 1 saturated heterocycles. The lowest BCUT2D eigenvalue weighted by molar-refractivity contribution is 0.553. The molecule has 1 aromatic heterocycles. The van der Waals surface area contributed by atoms with Crippen molar-refractivity contribution in [1.29, 1.82) is 0 Å². The van der Waals surface area contributed by atoms with E-state index in [-0.39, 0.29) is 0 Å². The van der Waals surface area contributed by atoms with E-state index in [1.54, 1.807) is 0 Å². The van der Waals surface area contributed by atoms with Gasteiger partial charge < -0.3 is 10.2 Å². The lowest BCUT2D eigenvalue weighted by atomic mass is 10.1. The van der Waals surface area contributed by atoms with Crippen LogP contribution in [0, 0.1) is 6.92 Å². The Balaban J connectivity index is 2.15. The van der Waals surface area contributed by atoms with Gasteiger partial charge in [-0.1, -0.05) is 19.3 Å². The summed E-state index contributed by atoms with van der Waals surface area (Å²) in [6.07, 6.45) is 6.63. The molecule has 1 aromatic rings. The van der Waals surface area contributed by atoms with Crippen molar-refractivity contribution in [2.24, 2.45) is 0 Å². The molecule has 0 bridgehead atoms. The van der Waals surface area contributed by atoms with Gasteiger partial charge in [-0.15, -0.1) is 0 Å². The minimum Gasteiger partial charge on any atom is -0.373 e. The molecule has 94 valence electrons. The average Bonchev–Trinajstić information content (AvgIpc) is 2.27. The molecule has 0 atom stereocenters. The molecule has 1 fully saturated rings. The minimum atomic E-state index is 0.842. The number of nitrogens with zero attached hydrogens (tertiary/aromatic N) is 3. The van der Waals surface area contributed by atoms with E-state index in [9.17, 15) is 0 Å². The summed E-state index contributed by atoms with van der Waals surface area (Å²) in [4.78, 5) is 11.3. The van der Waals surface area contributed by atoms with Gasteiger partial charge in [-0.2, -0.15) is 0 Å². The number of rotatable bonds is 2. The van der Waals surface area contributed by atoms with E-state index in [1.807, 2.05) is 14.0 Å². The molecule has 2 rings (SSSR count). The Bertz CT molecular complexity index is 356. The lowest BCUT2D eigenvalue weighted by Gasteiger charge is -2.26. The quantitative estimate of drug-likeness (QED) is 0.854. The number of aryl methyl sites for hydroxylation is 1. The van der Waals surface area contributed by atoms with Crippen LogP contribution in [0.1, 0.15) is 37.9 Å². The fourth-order valence-electron chi connectivity index (χ4n) is 2.32. The van der Waals surface area contributed by atoms with Crippen molar-refractivity contribution in [3.63, 3.8) is 0 Å². The van der Waals surface area contributed by atoms with E-state index < -0.39 is 0 Å². The molecule has 1 N–H and O–H groups in total. The molecule has 1 aliphatic heterocycles. The summed E-state index contributed by atoms with van der Waals surface area (Å²) in [6, 6.07) is 2.05. The van der Waals surface area contributed by atoms with Crippen molar-refractivity contribution in [3.05, 3.63) is 11.9 Å². The maximum Gasteiger partial charge on any atom is 0.134 e. The first-order valence-corrected chi connectivity index (χ1v) is 6.58. The fourth-order valence-corrected chi connectivity index (χ4v) is 2.32. The first-order valence-electron chi connectivity index (χ1n) is 6.58. The Morgan fingerprint density at radius 2 is 1.71 bits per heavy atom. The van der Waals surface area contributed by atoms with Crippen molar-refractivity contribution < 1.29 is 0 Å². The molecule has 0 aromatic carbocycles. The van der Waals surface area contributed by atoms with Gasteiger partial charge in [0, 0.05) is 26.2 Å². The van der Waals surface area contributed by atoms with E-state index in [1.165, 1.54) is 32.1 Å². The molecular formula is C13H22N4. The summed E-state index contributed by atoms with van der Waals surface area (Å²) in [5, 5.41) is 3.10. The van der Waals surface area contributed by atoms with Crippen molar-refractivity contribution in [2.75, 3.05) is 30.4 Å². The summed E-state index contributed by atoms with van der Waals surface area (Å²) in [5.74, 6) is 2.83. The van der Waals surface area contributed by atoms with Crippen LogP contribution in [-0.2, 0) is 0 Å². The second-order valence-corrected chi connectivity index (χ2v) is 4.66. The Morgan fingerprint density at radius 3 is 2.35 bits per heavy atom. The van der Waals surface area contributed by atoms with Crippen LogP contribution in [0.5, 0.6) is 0 Å². The molecule has 2 heterocycles. The topological polar surface area (TPSA) is 41.0 Å².